The molecule has 2 N–H and O–H groups in total. The molecule has 1 saturated heterocycles. The summed E-state index contributed by atoms with van der Waals surface area (Å²) in [6.45, 7) is 8.27. The highest BCUT2D eigenvalue weighted by atomic mass is 32.2. The topological polar surface area (TPSA) is 95.6 Å². The summed E-state index contributed by atoms with van der Waals surface area (Å²) in [6.07, 6.45) is 5.01. The third-order valence-electron chi connectivity index (χ3n) is 4.80. The number of nitrogens with one attached hydrogen (secondary N) is 2. The third-order valence-corrected chi connectivity index (χ3v) is 6.10. The normalized spacial score (nSPS) is 17.7. The first-order valence-corrected chi connectivity index (χ1v) is 11.9. The Bertz CT molecular complexity index is 568. The van der Waals surface area contributed by atoms with Crippen molar-refractivity contribution in [3.63, 3.8) is 0 Å². The molecule has 7 nitrogen and oxygen atoms in total. The van der Waals surface area contributed by atoms with Gasteiger partial charge in [-0.25, -0.2) is 0 Å². The van der Waals surface area contributed by atoms with Crippen LogP contribution in [0.5, 0.6) is 0 Å². The number of imide groups is 1. The van der Waals surface area contributed by atoms with Crippen LogP contribution in [-0.2, 0) is 19.2 Å². The summed E-state index contributed by atoms with van der Waals surface area (Å²) >= 11 is 1.45. The molecule has 0 aliphatic carbocycles. The molecule has 1 rings (SSSR count). The maximum Gasteiger partial charge on any atom is 0.242 e. The van der Waals surface area contributed by atoms with Crippen LogP contribution in [0.3, 0.4) is 0 Å². The Balaban J connectivity index is 2.29. The van der Waals surface area contributed by atoms with Gasteiger partial charge in [0.25, 0.3) is 0 Å². The van der Waals surface area contributed by atoms with Gasteiger partial charge < -0.3 is 10.6 Å². The van der Waals surface area contributed by atoms with Crippen LogP contribution in [0.25, 0.3) is 0 Å². The van der Waals surface area contributed by atoms with Gasteiger partial charge in [0, 0.05) is 37.9 Å². The summed E-state index contributed by atoms with van der Waals surface area (Å²) in [5.74, 6) is 0.335. The summed E-state index contributed by atoms with van der Waals surface area (Å²) < 4.78 is 0. The number of thioether (sulfide) groups is 1. The maximum absolute atomic E-state index is 12.5. The van der Waals surface area contributed by atoms with Crippen LogP contribution < -0.4 is 10.6 Å². The maximum atomic E-state index is 12.5. The Morgan fingerprint density at radius 1 is 1.10 bits per heavy atom. The van der Waals surface area contributed by atoms with Gasteiger partial charge in [0.2, 0.25) is 23.6 Å². The predicted molar refractivity (Wildman–Crippen MR) is 116 cm³/mol. The zero-order valence-electron chi connectivity index (χ0n) is 18.3. The highest BCUT2D eigenvalue weighted by molar-refractivity contribution is 8.00. The highest BCUT2D eigenvalue weighted by Crippen LogP contribution is 2.26. The van der Waals surface area contributed by atoms with Gasteiger partial charge in [-0.2, -0.15) is 0 Å². The molecule has 0 bridgehead atoms. The minimum absolute atomic E-state index is 0.0126. The van der Waals surface area contributed by atoms with Crippen molar-refractivity contribution in [3.05, 3.63) is 0 Å². The summed E-state index contributed by atoms with van der Waals surface area (Å²) in [7, 11) is 0. The van der Waals surface area contributed by atoms with Crippen LogP contribution in [0, 0.1) is 0 Å². The van der Waals surface area contributed by atoms with E-state index < -0.39 is 0 Å². The highest BCUT2D eigenvalue weighted by Gasteiger charge is 2.38. The van der Waals surface area contributed by atoms with Crippen molar-refractivity contribution >= 4 is 35.4 Å². The van der Waals surface area contributed by atoms with E-state index in [4.69, 9.17) is 0 Å². The van der Waals surface area contributed by atoms with E-state index in [1.54, 1.807) is 0 Å². The molecule has 0 spiro atoms. The zero-order valence-corrected chi connectivity index (χ0v) is 19.1. The number of rotatable bonds is 14. The van der Waals surface area contributed by atoms with Crippen LogP contribution in [-0.4, -0.2) is 58.2 Å². The second kappa shape index (κ2) is 13.6. The lowest BCUT2D eigenvalue weighted by Crippen LogP contribution is -2.36. The number of carbonyl (C=O) groups excluding carboxylic acids is 4. The zero-order chi connectivity index (χ0) is 21.8. The van der Waals surface area contributed by atoms with Crippen LogP contribution in [0.15, 0.2) is 0 Å². The fourth-order valence-corrected chi connectivity index (χ4v) is 4.42. The quantitative estimate of drug-likeness (QED) is 0.328. The molecular formula is C21H37N3O4S. The minimum Gasteiger partial charge on any atom is -0.354 e. The molecule has 0 radical (unpaired) electrons. The third kappa shape index (κ3) is 9.65. The Morgan fingerprint density at radius 3 is 2.38 bits per heavy atom. The first-order valence-electron chi connectivity index (χ1n) is 10.8. The van der Waals surface area contributed by atoms with E-state index in [2.05, 4.69) is 24.5 Å². The van der Waals surface area contributed by atoms with Gasteiger partial charge in [0.1, 0.15) is 0 Å². The average molecular weight is 428 g/mol. The summed E-state index contributed by atoms with van der Waals surface area (Å²) in [5.41, 5.74) is 0. The average Bonchev–Trinajstić information content (AvgIpc) is 2.91. The smallest absolute Gasteiger partial charge is 0.242 e. The lowest BCUT2D eigenvalue weighted by atomic mass is 10.1. The van der Waals surface area contributed by atoms with Crippen molar-refractivity contribution in [2.24, 2.45) is 0 Å². The van der Waals surface area contributed by atoms with E-state index in [0.717, 1.165) is 19.3 Å². The molecule has 1 aliphatic heterocycles. The fourth-order valence-electron chi connectivity index (χ4n) is 3.29. The van der Waals surface area contributed by atoms with Gasteiger partial charge in [0.05, 0.1) is 5.25 Å². The molecule has 1 fully saturated rings. The number of hydrogen-bond acceptors (Lipinski definition) is 5. The molecule has 2 atom stereocenters. The fraction of sp³-hybridized carbons (Fsp3) is 0.810. The summed E-state index contributed by atoms with van der Waals surface area (Å²) in [6, 6.07) is 0.324. The van der Waals surface area contributed by atoms with Gasteiger partial charge in [-0.3, -0.25) is 24.1 Å². The van der Waals surface area contributed by atoms with E-state index in [0.29, 0.717) is 38.0 Å². The summed E-state index contributed by atoms with van der Waals surface area (Å²) in [4.78, 5) is 49.6. The molecular weight excluding hydrogens is 390 g/mol. The number of likely N-dealkylation sites (tertiary alicyclic amines) is 1. The number of hydrogen-bond donors (Lipinski definition) is 2. The number of nitrogens with zero attached hydrogens (tertiary/aromatic N) is 1. The molecule has 4 amide bonds. The molecule has 1 heterocycles. The molecule has 0 aromatic carbocycles. The molecule has 0 aromatic rings. The molecule has 2 unspecified atom stereocenters. The largest absolute Gasteiger partial charge is 0.354 e. The van der Waals surface area contributed by atoms with Gasteiger partial charge >= 0.3 is 0 Å². The van der Waals surface area contributed by atoms with Crippen LogP contribution >= 0.6 is 11.8 Å². The molecule has 29 heavy (non-hydrogen) atoms. The van der Waals surface area contributed by atoms with Crippen molar-refractivity contribution in [2.45, 2.75) is 96.4 Å². The van der Waals surface area contributed by atoms with E-state index in [9.17, 15) is 19.2 Å². The van der Waals surface area contributed by atoms with Gasteiger partial charge in [0.15, 0.2) is 0 Å². The summed E-state index contributed by atoms with van der Waals surface area (Å²) in [5, 5.41) is 5.49. The van der Waals surface area contributed by atoms with Crippen LogP contribution in [0.1, 0.15) is 79.1 Å². The Kier molecular flexibility index (Phi) is 12.0. The van der Waals surface area contributed by atoms with Crippen LogP contribution in [0.4, 0.5) is 0 Å². The van der Waals surface area contributed by atoms with Gasteiger partial charge in [-0.15, -0.1) is 11.8 Å². The monoisotopic (exact) mass is 427 g/mol. The molecule has 0 saturated carbocycles. The van der Waals surface area contributed by atoms with Crippen molar-refractivity contribution in [1.82, 2.24) is 15.5 Å². The van der Waals surface area contributed by atoms with E-state index in [1.807, 2.05) is 13.8 Å². The van der Waals surface area contributed by atoms with Crippen LogP contribution in [0.2, 0.25) is 0 Å². The van der Waals surface area contributed by atoms with E-state index in [-0.39, 0.29) is 47.4 Å². The lowest BCUT2D eigenvalue weighted by molar-refractivity contribution is -0.138. The van der Waals surface area contributed by atoms with Crippen molar-refractivity contribution in [1.29, 1.82) is 0 Å². The molecule has 8 heteroatoms. The Morgan fingerprint density at radius 2 is 1.76 bits per heavy atom. The first kappa shape index (κ1) is 25.5. The minimum atomic E-state index is -0.362. The second-order valence-corrected chi connectivity index (χ2v) is 9.15. The molecule has 1 aliphatic rings. The van der Waals surface area contributed by atoms with Gasteiger partial charge in [-0.1, -0.05) is 20.3 Å². The SMILES string of the molecule is CCCC(CC)NC(=O)CCCN1C(=O)CC(SCCCC(=O)NC(C)C)C1=O. The first-order chi connectivity index (χ1) is 13.8. The molecule has 166 valence electrons. The van der Waals surface area contributed by atoms with Crippen molar-refractivity contribution in [2.75, 3.05) is 12.3 Å². The second-order valence-electron chi connectivity index (χ2n) is 7.84. The number of carbonyl (C=O) groups is 4. The molecule has 0 aromatic heterocycles. The number of amides is 4. The van der Waals surface area contributed by atoms with Crippen molar-refractivity contribution < 1.29 is 19.2 Å². The van der Waals surface area contributed by atoms with Crippen molar-refractivity contribution in [3.8, 4) is 0 Å². The standard InChI is InChI=1S/C21H37N3O4S/c1-5-9-16(6-2)23-19(26)10-7-12-24-20(27)14-17(21(24)28)29-13-8-11-18(25)22-15(3)4/h15-17H,5-14H2,1-4H3,(H,22,25)(H,23,26). The Labute approximate surface area is 179 Å². The predicted octanol–water partition coefficient (Wildman–Crippen LogP) is 2.63. The van der Waals surface area contributed by atoms with Gasteiger partial charge in [-0.05, 0) is 45.3 Å². The van der Waals surface area contributed by atoms with E-state index in [1.165, 1.54) is 16.7 Å². The Hall–Kier alpha value is -1.57. The van der Waals surface area contributed by atoms with E-state index >= 15 is 0 Å². The lowest BCUT2D eigenvalue weighted by Gasteiger charge is -2.17.